The second-order valence-electron chi connectivity index (χ2n) is 6.22. The molecule has 0 radical (unpaired) electrons. The number of hydrogen-bond acceptors (Lipinski definition) is 5. The van der Waals surface area contributed by atoms with Gasteiger partial charge in [0.25, 0.3) is 15.9 Å². The highest BCUT2D eigenvalue weighted by Gasteiger charge is 2.27. The lowest BCUT2D eigenvalue weighted by Crippen LogP contribution is -2.32. The zero-order chi connectivity index (χ0) is 19.9. The molecule has 3 aromatic rings. The van der Waals surface area contributed by atoms with Gasteiger partial charge in [0.1, 0.15) is 0 Å². The van der Waals surface area contributed by atoms with E-state index in [9.17, 15) is 13.2 Å². The van der Waals surface area contributed by atoms with Crippen LogP contribution in [0.5, 0.6) is 0 Å². The SMILES string of the molecule is Cc1cc(C)c(S(=O)(=O)N(C)C(=O)/C=C/c2c(Cl)nc3sccn23)c(C)c1. The summed E-state index contributed by atoms with van der Waals surface area (Å²) in [6.07, 6.45) is 4.43. The molecule has 0 aliphatic rings. The minimum absolute atomic E-state index is 0.153. The summed E-state index contributed by atoms with van der Waals surface area (Å²) in [6.45, 7) is 5.34. The van der Waals surface area contributed by atoms with Crippen LogP contribution >= 0.6 is 22.9 Å². The summed E-state index contributed by atoms with van der Waals surface area (Å²) in [5.74, 6) is -0.671. The van der Waals surface area contributed by atoms with Crippen molar-refractivity contribution in [2.24, 2.45) is 0 Å². The van der Waals surface area contributed by atoms with Gasteiger partial charge in [-0.1, -0.05) is 29.3 Å². The molecule has 0 atom stereocenters. The Labute approximate surface area is 166 Å². The van der Waals surface area contributed by atoms with E-state index in [1.54, 1.807) is 36.6 Å². The third-order valence-corrected chi connectivity index (χ3v) is 7.27. The fraction of sp³-hybridized carbons (Fsp3) is 0.222. The molecule has 6 nitrogen and oxygen atoms in total. The molecule has 0 spiro atoms. The number of fused-ring (bicyclic) bond motifs is 1. The zero-order valence-corrected chi connectivity index (χ0v) is 17.6. The molecular weight excluding hydrogens is 406 g/mol. The molecule has 0 bridgehead atoms. The molecule has 2 heterocycles. The smallest absolute Gasteiger partial charge is 0.267 e. The molecule has 142 valence electrons. The first-order valence-electron chi connectivity index (χ1n) is 8.03. The van der Waals surface area contributed by atoms with Gasteiger partial charge >= 0.3 is 0 Å². The van der Waals surface area contributed by atoms with Crippen LogP contribution in [-0.4, -0.2) is 35.1 Å². The molecule has 3 rings (SSSR count). The first-order chi connectivity index (χ1) is 12.6. The molecular formula is C18H18ClN3O3S2. The van der Waals surface area contributed by atoms with Crippen molar-refractivity contribution in [1.82, 2.24) is 13.7 Å². The molecule has 1 amide bonds. The quantitative estimate of drug-likeness (QED) is 0.598. The Morgan fingerprint density at radius 3 is 2.52 bits per heavy atom. The molecule has 27 heavy (non-hydrogen) atoms. The van der Waals surface area contributed by atoms with Crippen LogP contribution in [0.25, 0.3) is 11.0 Å². The summed E-state index contributed by atoms with van der Waals surface area (Å²) in [5, 5.41) is 2.10. The Hall–Kier alpha value is -2.16. The molecule has 9 heteroatoms. The van der Waals surface area contributed by atoms with Crippen molar-refractivity contribution in [3.63, 3.8) is 0 Å². The number of benzene rings is 1. The highest BCUT2D eigenvalue weighted by molar-refractivity contribution is 7.89. The predicted molar refractivity (Wildman–Crippen MR) is 108 cm³/mol. The van der Waals surface area contributed by atoms with Crippen LogP contribution in [0.15, 0.2) is 34.7 Å². The molecule has 1 aromatic carbocycles. The number of sulfonamides is 1. The van der Waals surface area contributed by atoms with E-state index in [0.29, 0.717) is 21.8 Å². The average molecular weight is 424 g/mol. The number of nitrogens with zero attached hydrogens (tertiary/aromatic N) is 3. The van der Waals surface area contributed by atoms with Crippen LogP contribution in [0.1, 0.15) is 22.4 Å². The van der Waals surface area contributed by atoms with E-state index in [2.05, 4.69) is 4.98 Å². The third-order valence-electron chi connectivity index (χ3n) is 4.17. The van der Waals surface area contributed by atoms with Gasteiger partial charge in [-0.05, 0) is 38.0 Å². The Kier molecular flexibility index (Phi) is 5.16. The van der Waals surface area contributed by atoms with Crippen molar-refractivity contribution in [2.45, 2.75) is 25.7 Å². The summed E-state index contributed by atoms with van der Waals surface area (Å²) < 4.78 is 28.4. The zero-order valence-electron chi connectivity index (χ0n) is 15.2. The van der Waals surface area contributed by atoms with Crippen LogP contribution < -0.4 is 0 Å². The number of aromatic nitrogens is 2. The molecule has 0 saturated carbocycles. The highest BCUT2D eigenvalue weighted by Crippen LogP contribution is 2.26. The minimum Gasteiger partial charge on any atom is -0.289 e. The van der Waals surface area contributed by atoms with Gasteiger partial charge in [-0.15, -0.1) is 11.3 Å². The number of carbonyl (C=O) groups excluding carboxylic acids is 1. The lowest BCUT2D eigenvalue weighted by molar-refractivity contribution is -0.120. The third kappa shape index (κ3) is 3.52. The molecule has 0 unspecified atom stereocenters. The van der Waals surface area contributed by atoms with Gasteiger partial charge < -0.3 is 0 Å². The van der Waals surface area contributed by atoms with Gasteiger partial charge in [-0.3, -0.25) is 9.20 Å². The summed E-state index contributed by atoms with van der Waals surface area (Å²) >= 11 is 7.51. The van der Waals surface area contributed by atoms with Gasteiger partial charge in [-0.2, -0.15) is 0 Å². The highest BCUT2D eigenvalue weighted by atomic mass is 35.5. The molecule has 0 aliphatic heterocycles. The minimum atomic E-state index is -3.97. The maximum absolute atomic E-state index is 13.0. The van der Waals surface area contributed by atoms with Gasteiger partial charge in [0.05, 0.1) is 10.6 Å². The Bertz CT molecular complexity index is 1150. The number of thiazole rings is 1. The van der Waals surface area contributed by atoms with Gasteiger partial charge in [0.15, 0.2) is 10.1 Å². The Morgan fingerprint density at radius 2 is 1.89 bits per heavy atom. The fourth-order valence-corrected chi connectivity index (χ4v) is 5.52. The summed E-state index contributed by atoms with van der Waals surface area (Å²) in [7, 11) is -2.72. The number of rotatable bonds is 4. The number of carbonyl (C=O) groups is 1. The average Bonchev–Trinajstić information content (AvgIpc) is 3.11. The molecule has 0 fully saturated rings. The largest absolute Gasteiger partial charge is 0.289 e. The number of imidazole rings is 1. The summed E-state index contributed by atoms with van der Waals surface area (Å²) in [6, 6.07) is 3.57. The maximum atomic E-state index is 13.0. The van der Waals surface area contributed by atoms with E-state index in [1.807, 2.05) is 12.3 Å². The number of halogens is 1. The Morgan fingerprint density at radius 1 is 1.26 bits per heavy atom. The first kappa shape index (κ1) is 19.6. The van der Waals surface area contributed by atoms with E-state index >= 15 is 0 Å². The fourth-order valence-electron chi connectivity index (χ4n) is 3.01. The standard InChI is InChI=1S/C18H18ClN3O3S2/c1-11-9-12(2)16(13(3)10-11)27(24,25)21(4)15(23)6-5-14-17(19)20-18-22(14)7-8-26-18/h5-10H,1-4H3/b6-5+. The van der Waals surface area contributed by atoms with Crippen molar-refractivity contribution < 1.29 is 13.2 Å². The van der Waals surface area contributed by atoms with Crippen LogP contribution in [-0.2, 0) is 14.8 Å². The Balaban J connectivity index is 1.93. The lowest BCUT2D eigenvalue weighted by atomic mass is 10.1. The number of amides is 1. The van der Waals surface area contributed by atoms with Crippen molar-refractivity contribution >= 4 is 49.9 Å². The topological polar surface area (TPSA) is 71.8 Å². The van der Waals surface area contributed by atoms with Gasteiger partial charge in [0, 0.05) is 24.7 Å². The van der Waals surface area contributed by atoms with E-state index in [0.717, 1.165) is 9.87 Å². The van der Waals surface area contributed by atoms with Gasteiger partial charge in [-0.25, -0.2) is 17.7 Å². The van der Waals surface area contributed by atoms with Crippen LogP contribution in [0.4, 0.5) is 0 Å². The van der Waals surface area contributed by atoms with Gasteiger partial charge in [0.2, 0.25) is 0 Å². The molecule has 2 aromatic heterocycles. The summed E-state index contributed by atoms with van der Waals surface area (Å²) in [4.78, 5) is 17.5. The van der Waals surface area contributed by atoms with Crippen LogP contribution in [0, 0.1) is 20.8 Å². The normalized spacial score (nSPS) is 12.2. The monoisotopic (exact) mass is 423 g/mol. The van der Waals surface area contributed by atoms with E-state index in [4.69, 9.17) is 11.6 Å². The van der Waals surface area contributed by atoms with E-state index in [-0.39, 0.29) is 10.0 Å². The lowest BCUT2D eigenvalue weighted by Gasteiger charge is -2.19. The van der Waals surface area contributed by atoms with Crippen molar-refractivity contribution in [1.29, 1.82) is 0 Å². The van der Waals surface area contributed by atoms with Crippen molar-refractivity contribution in [3.8, 4) is 0 Å². The maximum Gasteiger partial charge on any atom is 0.267 e. The molecule has 0 aliphatic carbocycles. The molecule has 0 saturated heterocycles. The van der Waals surface area contributed by atoms with Crippen molar-refractivity contribution in [2.75, 3.05) is 7.05 Å². The first-order valence-corrected chi connectivity index (χ1v) is 10.7. The van der Waals surface area contributed by atoms with Crippen LogP contribution in [0.3, 0.4) is 0 Å². The second kappa shape index (κ2) is 7.10. The number of hydrogen-bond donors (Lipinski definition) is 0. The van der Waals surface area contributed by atoms with E-state index in [1.165, 1.54) is 30.5 Å². The van der Waals surface area contributed by atoms with Crippen LogP contribution in [0.2, 0.25) is 5.15 Å². The van der Waals surface area contributed by atoms with E-state index < -0.39 is 15.9 Å². The van der Waals surface area contributed by atoms with Crippen molar-refractivity contribution in [3.05, 3.63) is 57.3 Å². The molecule has 0 N–H and O–H groups in total. The summed E-state index contributed by atoms with van der Waals surface area (Å²) in [5.41, 5.74) is 2.70. The second-order valence-corrected chi connectivity index (χ2v) is 9.35. The number of likely N-dealkylation sites (N-methyl/N-ethyl adjacent to an activating group) is 1. The number of aryl methyl sites for hydroxylation is 3. The predicted octanol–water partition coefficient (Wildman–Crippen LogP) is 3.83.